The van der Waals surface area contributed by atoms with Gasteiger partial charge in [0.2, 0.25) is 0 Å². The number of hydrogen-bond donors (Lipinski definition) is 1. The smallest absolute Gasteiger partial charge is 0.127 e. The number of nitriles is 1. The first kappa shape index (κ1) is 12.4. The van der Waals surface area contributed by atoms with Gasteiger partial charge in [0.05, 0.1) is 5.69 Å². The third-order valence-corrected chi connectivity index (χ3v) is 4.60. The summed E-state index contributed by atoms with van der Waals surface area (Å²) in [6, 6.07) is 2.77. The molecule has 1 aliphatic carbocycles. The van der Waals surface area contributed by atoms with Crippen LogP contribution in [0.25, 0.3) is 0 Å². The van der Waals surface area contributed by atoms with E-state index in [9.17, 15) is 0 Å². The van der Waals surface area contributed by atoms with Gasteiger partial charge in [-0.05, 0) is 50.1 Å². The van der Waals surface area contributed by atoms with Crippen molar-refractivity contribution in [3.05, 3.63) is 11.3 Å². The van der Waals surface area contributed by atoms with Crippen LogP contribution in [0.1, 0.15) is 50.3 Å². The Morgan fingerprint density at radius 2 is 2.12 bits per heavy atom. The molecule has 3 nitrogen and oxygen atoms in total. The number of aromatic nitrogens is 1. The average molecular weight is 249 g/mol. The Hall–Kier alpha value is -1.08. The summed E-state index contributed by atoms with van der Waals surface area (Å²) >= 11 is 1.42. The largest absolute Gasteiger partial charge is 0.372 e. The molecule has 2 rings (SSSR count). The normalized spacial score (nSPS) is 24.3. The first-order chi connectivity index (χ1) is 8.24. The number of hydrogen-bond acceptors (Lipinski definition) is 4. The van der Waals surface area contributed by atoms with Crippen molar-refractivity contribution in [2.45, 2.75) is 52.0 Å². The lowest BCUT2D eigenvalue weighted by molar-refractivity contribution is 0.330. The molecule has 92 valence electrons. The summed E-state index contributed by atoms with van der Waals surface area (Å²) in [4.78, 5) is 0. The molecule has 1 fully saturated rings. The minimum absolute atomic E-state index is 0.532. The van der Waals surface area contributed by atoms with Crippen molar-refractivity contribution in [3.63, 3.8) is 0 Å². The Morgan fingerprint density at radius 3 is 2.71 bits per heavy atom. The van der Waals surface area contributed by atoms with E-state index in [-0.39, 0.29) is 0 Å². The van der Waals surface area contributed by atoms with Gasteiger partial charge < -0.3 is 5.32 Å². The summed E-state index contributed by atoms with van der Waals surface area (Å²) in [5.74, 6) is 0.909. The van der Waals surface area contributed by atoms with E-state index in [0.29, 0.717) is 6.04 Å². The standard InChI is InChI=1S/C13H19N3S/c1-3-10-4-6-11(7-5-10)15-13-12(8-14)9(2)16-17-13/h10-11,15H,3-7H2,1-2H3. The molecule has 0 saturated heterocycles. The van der Waals surface area contributed by atoms with E-state index >= 15 is 0 Å². The molecule has 0 spiro atoms. The number of rotatable bonds is 3. The van der Waals surface area contributed by atoms with E-state index in [2.05, 4.69) is 22.7 Å². The van der Waals surface area contributed by atoms with Crippen molar-refractivity contribution < 1.29 is 0 Å². The van der Waals surface area contributed by atoms with Crippen LogP contribution in [0.4, 0.5) is 5.00 Å². The lowest BCUT2D eigenvalue weighted by atomic mass is 9.84. The Balaban J connectivity index is 1.96. The zero-order chi connectivity index (χ0) is 12.3. The lowest BCUT2D eigenvalue weighted by Gasteiger charge is -2.28. The van der Waals surface area contributed by atoms with Crippen molar-refractivity contribution in [2.24, 2.45) is 5.92 Å². The van der Waals surface area contributed by atoms with Crippen molar-refractivity contribution in [1.29, 1.82) is 5.26 Å². The lowest BCUT2D eigenvalue weighted by Crippen LogP contribution is -2.25. The second kappa shape index (κ2) is 5.50. The molecule has 0 amide bonds. The van der Waals surface area contributed by atoms with Crippen LogP contribution in [0.15, 0.2) is 0 Å². The Morgan fingerprint density at radius 1 is 1.41 bits per heavy atom. The molecule has 0 bridgehead atoms. The molecule has 0 aromatic carbocycles. The van der Waals surface area contributed by atoms with Crippen LogP contribution >= 0.6 is 11.5 Å². The molecule has 1 aliphatic rings. The molecule has 1 N–H and O–H groups in total. The van der Waals surface area contributed by atoms with Crippen LogP contribution in [-0.2, 0) is 0 Å². The van der Waals surface area contributed by atoms with Crippen molar-refractivity contribution in [1.82, 2.24) is 4.37 Å². The number of nitrogens with one attached hydrogen (secondary N) is 1. The molecule has 1 aromatic rings. The second-order valence-electron chi connectivity index (χ2n) is 4.85. The third-order valence-electron chi connectivity index (χ3n) is 3.73. The van der Waals surface area contributed by atoms with Gasteiger partial charge in [-0.15, -0.1) is 0 Å². The van der Waals surface area contributed by atoms with Crippen LogP contribution in [0.2, 0.25) is 0 Å². The number of nitrogens with zero attached hydrogens (tertiary/aromatic N) is 2. The van der Waals surface area contributed by atoms with Gasteiger partial charge in [0, 0.05) is 6.04 Å². The highest BCUT2D eigenvalue weighted by Crippen LogP contribution is 2.31. The highest BCUT2D eigenvalue weighted by molar-refractivity contribution is 7.10. The third kappa shape index (κ3) is 2.78. The monoisotopic (exact) mass is 249 g/mol. The van der Waals surface area contributed by atoms with Gasteiger partial charge in [0.1, 0.15) is 16.6 Å². The SMILES string of the molecule is CCC1CCC(Nc2snc(C)c2C#N)CC1. The summed E-state index contributed by atoms with van der Waals surface area (Å²) in [6.45, 7) is 4.17. The van der Waals surface area contributed by atoms with Crippen LogP contribution in [-0.4, -0.2) is 10.4 Å². The topological polar surface area (TPSA) is 48.7 Å². The molecule has 0 aliphatic heterocycles. The van der Waals surface area contributed by atoms with Crippen molar-refractivity contribution in [3.8, 4) is 6.07 Å². The summed E-state index contributed by atoms with van der Waals surface area (Å²) < 4.78 is 4.24. The first-order valence-corrected chi connectivity index (χ1v) is 7.14. The maximum atomic E-state index is 9.07. The molecule has 4 heteroatoms. The van der Waals surface area contributed by atoms with E-state index in [1.807, 2.05) is 6.92 Å². The molecular formula is C13H19N3S. The van der Waals surface area contributed by atoms with Gasteiger partial charge in [0.15, 0.2) is 0 Å². The molecule has 1 saturated carbocycles. The van der Waals surface area contributed by atoms with Crippen molar-refractivity contribution in [2.75, 3.05) is 5.32 Å². The Kier molecular flexibility index (Phi) is 4.01. The molecular weight excluding hydrogens is 230 g/mol. The number of aryl methyl sites for hydroxylation is 1. The van der Waals surface area contributed by atoms with Crippen molar-refractivity contribution >= 4 is 16.5 Å². The molecule has 0 unspecified atom stereocenters. The fourth-order valence-electron chi connectivity index (χ4n) is 2.50. The van der Waals surface area contributed by atoms with Gasteiger partial charge in [-0.2, -0.15) is 9.64 Å². The quantitative estimate of drug-likeness (QED) is 0.888. The second-order valence-corrected chi connectivity index (χ2v) is 5.63. The number of anilines is 1. The van der Waals surface area contributed by atoms with Gasteiger partial charge in [-0.1, -0.05) is 13.3 Å². The highest BCUT2D eigenvalue weighted by Gasteiger charge is 2.21. The predicted molar refractivity (Wildman–Crippen MR) is 71.2 cm³/mol. The van der Waals surface area contributed by atoms with E-state index in [4.69, 9.17) is 5.26 Å². The zero-order valence-corrected chi connectivity index (χ0v) is 11.3. The molecule has 1 aromatic heterocycles. The Labute approximate surface area is 107 Å². The van der Waals surface area contributed by atoms with Gasteiger partial charge in [-0.3, -0.25) is 0 Å². The summed E-state index contributed by atoms with van der Waals surface area (Å²) in [5, 5.41) is 13.5. The summed E-state index contributed by atoms with van der Waals surface area (Å²) in [6.07, 6.45) is 6.37. The van der Waals surface area contributed by atoms with E-state index in [1.54, 1.807) is 0 Å². The fraction of sp³-hybridized carbons (Fsp3) is 0.692. The predicted octanol–water partition coefficient (Wildman–Crippen LogP) is 3.70. The van der Waals surface area contributed by atoms with Crippen LogP contribution in [0.5, 0.6) is 0 Å². The summed E-state index contributed by atoms with van der Waals surface area (Å²) in [5.41, 5.74) is 1.58. The van der Waals surface area contributed by atoms with Gasteiger partial charge >= 0.3 is 0 Å². The molecule has 1 heterocycles. The maximum absolute atomic E-state index is 9.07. The Bertz CT molecular complexity index is 411. The first-order valence-electron chi connectivity index (χ1n) is 6.37. The molecule has 0 radical (unpaired) electrons. The maximum Gasteiger partial charge on any atom is 0.127 e. The van der Waals surface area contributed by atoms with Crippen LogP contribution in [0.3, 0.4) is 0 Å². The van der Waals surface area contributed by atoms with E-state index < -0.39 is 0 Å². The average Bonchev–Trinajstić information content (AvgIpc) is 2.71. The van der Waals surface area contributed by atoms with E-state index in [1.165, 1.54) is 43.6 Å². The van der Waals surface area contributed by atoms with Crippen LogP contribution in [0, 0.1) is 24.2 Å². The summed E-state index contributed by atoms with van der Waals surface area (Å²) in [7, 11) is 0. The highest BCUT2D eigenvalue weighted by atomic mass is 32.1. The van der Waals surface area contributed by atoms with Gasteiger partial charge in [0.25, 0.3) is 0 Å². The minimum Gasteiger partial charge on any atom is -0.372 e. The van der Waals surface area contributed by atoms with Gasteiger partial charge in [-0.25, -0.2) is 0 Å². The minimum atomic E-state index is 0.532. The zero-order valence-electron chi connectivity index (χ0n) is 10.5. The van der Waals surface area contributed by atoms with E-state index in [0.717, 1.165) is 22.2 Å². The molecule has 17 heavy (non-hydrogen) atoms. The van der Waals surface area contributed by atoms with Crippen LogP contribution < -0.4 is 5.32 Å². The fourth-order valence-corrected chi connectivity index (χ4v) is 3.32. The molecule has 0 atom stereocenters.